The quantitative estimate of drug-likeness (QED) is 0.683. The van der Waals surface area contributed by atoms with Gasteiger partial charge in [-0.05, 0) is 36.1 Å². The summed E-state index contributed by atoms with van der Waals surface area (Å²) in [6.07, 6.45) is 2.07. The molecule has 0 aliphatic heterocycles. The molecule has 0 saturated heterocycles. The van der Waals surface area contributed by atoms with Crippen molar-refractivity contribution < 1.29 is 0 Å². The zero-order chi connectivity index (χ0) is 9.68. The van der Waals surface area contributed by atoms with Gasteiger partial charge in [0.15, 0.2) is 0 Å². The molecule has 0 fully saturated rings. The molecule has 0 radical (unpaired) electrons. The molecule has 0 bridgehead atoms. The molecule has 1 aromatic rings. The molecule has 2 nitrogen and oxygen atoms in total. The van der Waals surface area contributed by atoms with Crippen LogP contribution in [0.2, 0.25) is 0 Å². The lowest BCUT2D eigenvalue weighted by molar-refractivity contribution is 1.04. The van der Waals surface area contributed by atoms with E-state index in [-0.39, 0.29) is 0 Å². The van der Waals surface area contributed by atoms with Gasteiger partial charge in [0.05, 0.1) is 11.7 Å². The van der Waals surface area contributed by atoms with Gasteiger partial charge in [0.1, 0.15) is 0 Å². The highest BCUT2D eigenvalue weighted by Gasteiger charge is 1.99. The first-order valence-electron chi connectivity index (χ1n) is 4.56. The van der Waals surface area contributed by atoms with Crippen LogP contribution in [-0.4, -0.2) is 6.01 Å². The van der Waals surface area contributed by atoms with Crippen LogP contribution >= 0.6 is 0 Å². The maximum absolute atomic E-state index is 6.75. The van der Waals surface area contributed by atoms with Crippen LogP contribution in [0.15, 0.2) is 23.2 Å². The van der Waals surface area contributed by atoms with Crippen LogP contribution in [0.3, 0.4) is 0 Å². The smallest absolute Gasteiger partial charge is 0.0918 e. The van der Waals surface area contributed by atoms with Crippen molar-refractivity contribution in [1.29, 1.82) is 5.41 Å². The Kier molecular flexibility index (Phi) is 3.41. The Morgan fingerprint density at radius 2 is 1.92 bits per heavy atom. The maximum Gasteiger partial charge on any atom is 0.0918 e. The summed E-state index contributed by atoms with van der Waals surface area (Å²) in [4.78, 5) is 3.81. The lowest BCUT2D eigenvalue weighted by atomic mass is 10.0. The second-order valence-electron chi connectivity index (χ2n) is 2.88. The molecule has 0 aliphatic rings. The lowest BCUT2D eigenvalue weighted by Crippen LogP contribution is -1.89. The van der Waals surface area contributed by atoms with E-state index in [4.69, 9.17) is 5.41 Å². The highest BCUT2D eigenvalue weighted by molar-refractivity contribution is 5.52. The molecular weight excluding hydrogens is 160 g/mol. The minimum atomic E-state index is 0.823. The summed E-state index contributed by atoms with van der Waals surface area (Å²) >= 11 is 0. The van der Waals surface area contributed by atoms with Crippen LogP contribution in [0.5, 0.6) is 0 Å². The average Bonchev–Trinajstić information content (AvgIpc) is 2.18. The van der Waals surface area contributed by atoms with Crippen molar-refractivity contribution in [3.8, 4) is 0 Å². The summed E-state index contributed by atoms with van der Waals surface area (Å²) in [6.45, 7) is 4.28. The molecule has 13 heavy (non-hydrogen) atoms. The fourth-order valence-corrected chi connectivity index (χ4v) is 1.42. The molecule has 0 spiro atoms. The Labute approximate surface area is 78.8 Å². The highest BCUT2D eigenvalue weighted by Crippen LogP contribution is 2.18. The molecule has 0 aliphatic carbocycles. The number of hydrogen-bond donors (Lipinski definition) is 1. The molecule has 1 aromatic carbocycles. The number of benzene rings is 1. The van der Waals surface area contributed by atoms with E-state index < -0.39 is 0 Å². The SMILES string of the molecule is CCc1ccc(N=C=N)cc1CC. The number of aliphatic imine (C=N–C) groups is 1. The standard InChI is InChI=1S/C11H14N2/c1-3-9-5-6-11(13-8-12)7-10(9)4-2/h5-7,12H,3-4H2,1-2H3. The van der Waals surface area contributed by atoms with Crippen LogP contribution < -0.4 is 0 Å². The summed E-state index contributed by atoms with van der Waals surface area (Å²) in [5.74, 6) is 0. The number of nitrogens with zero attached hydrogens (tertiary/aromatic N) is 1. The van der Waals surface area contributed by atoms with Crippen molar-refractivity contribution in [2.45, 2.75) is 26.7 Å². The van der Waals surface area contributed by atoms with Gasteiger partial charge in [-0.3, -0.25) is 0 Å². The second-order valence-corrected chi connectivity index (χ2v) is 2.88. The minimum Gasteiger partial charge on any atom is -0.241 e. The molecular formula is C11H14N2. The van der Waals surface area contributed by atoms with Gasteiger partial charge in [0, 0.05) is 0 Å². The van der Waals surface area contributed by atoms with E-state index in [1.54, 1.807) is 0 Å². The molecule has 2 heteroatoms. The van der Waals surface area contributed by atoms with Crippen molar-refractivity contribution in [2.75, 3.05) is 0 Å². The van der Waals surface area contributed by atoms with Crippen molar-refractivity contribution in [2.24, 2.45) is 4.99 Å². The topological polar surface area (TPSA) is 36.2 Å². The van der Waals surface area contributed by atoms with Crippen molar-refractivity contribution in [3.05, 3.63) is 29.3 Å². The zero-order valence-electron chi connectivity index (χ0n) is 8.09. The largest absolute Gasteiger partial charge is 0.241 e. The van der Waals surface area contributed by atoms with Crippen LogP contribution in [0.1, 0.15) is 25.0 Å². The third-order valence-electron chi connectivity index (χ3n) is 2.14. The van der Waals surface area contributed by atoms with E-state index >= 15 is 0 Å². The first-order chi connectivity index (χ1) is 6.31. The summed E-state index contributed by atoms with van der Waals surface area (Å²) in [6, 6.07) is 8.08. The predicted molar refractivity (Wildman–Crippen MR) is 55.0 cm³/mol. The Morgan fingerprint density at radius 1 is 1.23 bits per heavy atom. The van der Waals surface area contributed by atoms with Gasteiger partial charge < -0.3 is 0 Å². The van der Waals surface area contributed by atoms with Gasteiger partial charge in [-0.15, -0.1) is 0 Å². The monoisotopic (exact) mass is 174 g/mol. The lowest BCUT2D eigenvalue weighted by Gasteiger charge is -2.05. The normalized spacial score (nSPS) is 9.38. The third-order valence-corrected chi connectivity index (χ3v) is 2.14. The van der Waals surface area contributed by atoms with Gasteiger partial charge >= 0.3 is 0 Å². The molecule has 68 valence electrons. The molecule has 0 aromatic heterocycles. The Bertz CT molecular complexity index is 336. The Balaban J connectivity index is 3.12. The number of hydrogen-bond acceptors (Lipinski definition) is 2. The summed E-state index contributed by atoms with van der Waals surface area (Å²) in [7, 11) is 0. The number of nitrogens with one attached hydrogen (secondary N) is 1. The minimum absolute atomic E-state index is 0.823. The molecule has 0 heterocycles. The number of rotatable bonds is 3. The molecule has 0 saturated carbocycles. The van der Waals surface area contributed by atoms with E-state index in [9.17, 15) is 0 Å². The van der Waals surface area contributed by atoms with Crippen molar-refractivity contribution >= 4 is 11.7 Å². The van der Waals surface area contributed by atoms with Gasteiger partial charge in [-0.2, -0.15) is 4.99 Å². The van der Waals surface area contributed by atoms with E-state index in [0.717, 1.165) is 18.5 Å². The summed E-state index contributed by atoms with van der Waals surface area (Å²) < 4.78 is 0. The average molecular weight is 174 g/mol. The Hall–Kier alpha value is -1.40. The van der Waals surface area contributed by atoms with E-state index in [1.807, 2.05) is 18.1 Å². The van der Waals surface area contributed by atoms with Crippen LogP contribution in [0.4, 0.5) is 5.69 Å². The summed E-state index contributed by atoms with van der Waals surface area (Å²) in [5.41, 5.74) is 3.51. The van der Waals surface area contributed by atoms with E-state index in [1.165, 1.54) is 11.1 Å². The van der Waals surface area contributed by atoms with Crippen molar-refractivity contribution in [3.63, 3.8) is 0 Å². The number of aryl methyl sites for hydroxylation is 2. The Morgan fingerprint density at radius 3 is 2.46 bits per heavy atom. The van der Waals surface area contributed by atoms with Gasteiger partial charge in [-0.1, -0.05) is 19.9 Å². The molecule has 0 unspecified atom stereocenters. The van der Waals surface area contributed by atoms with Crippen molar-refractivity contribution in [1.82, 2.24) is 0 Å². The highest BCUT2D eigenvalue weighted by atomic mass is 14.7. The maximum atomic E-state index is 6.75. The molecule has 1 N–H and O–H groups in total. The first-order valence-corrected chi connectivity index (χ1v) is 4.56. The van der Waals surface area contributed by atoms with Crippen LogP contribution in [-0.2, 0) is 12.8 Å². The van der Waals surface area contributed by atoms with Gasteiger partial charge in [0.2, 0.25) is 0 Å². The zero-order valence-corrected chi connectivity index (χ0v) is 8.09. The van der Waals surface area contributed by atoms with E-state index in [0.29, 0.717) is 0 Å². The van der Waals surface area contributed by atoms with Crippen LogP contribution in [0.25, 0.3) is 0 Å². The van der Waals surface area contributed by atoms with E-state index in [2.05, 4.69) is 24.9 Å². The molecule has 0 amide bonds. The van der Waals surface area contributed by atoms with Crippen LogP contribution in [0, 0.1) is 5.41 Å². The predicted octanol–water partition coefficient (Wildman–Crippen LogP) is 3.20. The van der Waals surface area contributed by atoms with Gasteiger partial charge in [-0.25, -0.2) is 5.41 Å². The molecule has 0 atom stereocenters. The fourth-order valence-electron chi connectivity index (χ4n) is 1.42. The third kappa shape index (κ3) is 2.27. The van der Waals surface area contributed by atoms with Gasteiger partial charge in [0.25, 0.3) is 0 Å². The second kappa shape index (κ2) is 4.58. The fraction of sp³-hybridized carbons (Fsp3) is 0.364. The summed E-state index contributed by atoms with van der Waals surface area (Å²) in [5, 5.41) is 6.75. The molecule has 1 rings (SSSR count). The first kappa shape index (κ1) is 9.69.